The third-order valence-corrected chi connectivity index (χ3v) is 2.53. The van der Waals surface area contributed by atoms with E-state index in [9.17, 15) is 14.3 Å². The van der Waals surface area contributed by atoms with Crippen molar-refractivity contribution >= 4 is 5.97 Å². The van der Waals surface area contributed by atoms with Gasteiger partial charge in [0.25, 0.3) is 0 Å². The van der Waals surface area contributed by atoms with Gasteiger partial charge >= 0.3 is 5.97 Å². The molecule has 2 atom stereocenters. The Hall–Kier alpha value is -1.62. The second kappa shape index (κ2) is 6.35. The molecule has 1 aromatic rings. The van der Waals surface area contributed by atoms with Crippen LogP contribution in [0.1, 0.15) is 37.3 Å². The summed E-state index contributed by atoms with van der Waals surface area (Å²) in [7, 11) is 1.39. The summed E-state index contributed by atoms with van der Waals surface area (Å²) in [4.78, 5) is 11.5. The van der Waals surface area contributed by atoms with E-state index in [1.807, 2.05) is 0 Å². The summed E-state index contributed by atoms with van der Waals surface area (Å²) in [6.07, 6.45) is -2.87. The second-order valence-electron chi connectivity index (χ2n) is 3.73. The van der Waals surface area contributed by atoms with E-state index in [2.05, 4.69) is 0 Å². The number of halogens is 1. The molecule has 1 aromatic carbocycles. The van der Waals surface area contributed by atoms with Crippen LogP contribution in [0.5, 0.6) is 5.75 Å². The molecule has 100 valence electrons. The fraction of sp³-hybridized carbons (Fsp3) is 0.462. The van der Waals surface area contributed by atoms with Gasteiger partial charge in [0.15, 0.2) is 6.10 Å². The number of rotatable bonds is 5. The minimum Gasteiger partial charge on any atom is -0.496 e. The molecule has 2 unspecified atom stereocenters. The van der Waals surface area contributed by atoms with Gasteiger partial charge in [-0.1, -0.05) is 12.1 Å². The molecule has 0 aliphatic heterocycles. The fourth-order valence-corrected chi connectivity index (χ4v) is 1.72. The van der Waals surface area contributed by atoms with Gasteiger partial charge in [-0.2, -0.15) is 0 Å². The lowest BCUT2D eigenvalue weighted by Crippen LogP contribution is -2.18. The highest BCUT2D eigenvalue weighted by Gasteiger charge is 2.27. The zero-order valence-electron chi connectivity index (χ0n) is 10.6. The molecule has 5 heteroatoms. The third kappa shape index (κ3) is 2.98. The second-order valence-corrected chi connectivity index (χ2v) is 3.73. The van der Waals surface area contributed by atoms with Crippen molar-refractivity contribution in [1.29, 1.82) is 0 Å². The molecule has 4 nitrogen and oxygen atoms in total. The number of aliphatic hydroxyl groups excluding tert-OH is 1. The molecule has 1 N–H and O–H groups in total. The third-order valence-electron chi connectivity index (χ3n) is 2.53. The molecule has 0 saturated heterocycles. The van der Waals surface area contributed by atoms with E-state index in [1.165, 1.54) is 20.1 Å². The molecule has 0 amide bonds. The van der Waals surface area contributed by atoms with Crippen molar-refractivity contribution in [1.82, 2.24) is 0 Å². The topological polar surface area (TPSA) is 55.8 Å². The number of benzene rings is 1. The van der Waals surface area contributed by atoms with Crippen LogP contribution in [-0.4, -0.2) is 24.8 Å². The van der Waals surface area contributed by atoms with E-state index in [-0.39, 0.29) is 23.5 Å². The van der Waals surface area contributed by atoms with E-state index in [1.54, 1.807) is 19.1 Å². The van der Waals surface area contributed by atoms with Crippen molar-refractivity contribution < 1.29 is 23.8 Å². The van der Waals surface area contributed by atoms with Crippen LogP contribution >= 0.6 is 0 Å². The lowest BCUT2D eigenvalue weighted by atomic mass is 9.98. The normalized spacial score (nSPS) is 13.8. The summed E-state index contributed by atoms with van der Waals surface area (Å²) in [6, 6.07) is 4.67. The summed E-state index contributed by atoms with van der Waals surface area (Å²) >= 11 is 0. The Morgan fingerprint density at radius 3 is 2.67 bits per heavy atom. The number of ether oxygens (including phenoxy) is 2. The fourth-order valence-electron chi connectivity index (χ4n) is 1.72. The van der Waals surface area contributed by atoms with Gasteiger partial charge in [-0.15, -0.1) is 0 Å². The van der Waals surface area contributed by atoms with Crippen molar-refractivity contribution in [2.24, 2.45) is 0 Å². The molecule has 18 heavy (non-hydrogen) atoms. The predicted molar refractivity (Wildman–Crippen MR) is 64.1 cm³/mol. The van der Waals surface area contributed by atoms with Gasteiger partial charge < -0.3 is 14.6 Å². The van der Waals surface area contributed by atoms with Crippen molar-refractivity contribution in [2.75, 3.05) is 13.7 Å². The van der Waals surface area contributed by atoms with E-state index in [0.29, 0.717) is 0 Å². The number of aliphatic hydroxyl groups is 1. The first kappa shape index (κ1) is 14.4. The molecule has 0 aromatic heterocycles. The number of esters is 1. The molecule has 0 aliphatic rings. The Labute approximate surface area is 105 Å². The van der Waals surface area contributed by atoms with Crippen LogP contribution in [0.4, 0.5) is 4.39 Å². The maximum absolute atomic E-state index is 13.5. The molecule has 0 spiro atoms. The maximum Gasteiger partial charge on any atom is 0.339 e. The minimum atomic E-state index is -1.55. The molecule has 0 bridgehead atoms. The quantitative estimate of drug-likeness (QED) is 0.821. The zero-order chi connectivity index (χ0) is 13.7. The van der Waals surface area contributed by atoms with E-state index >= 15 is 0 Å². The monoisotopic (exact) mass is 256 g/mol. The highest BCUT2D eigenvalue weighted by atomic mass is 19.1. The Morgan fingerprint density at radius 2 is 2.17 bits per heavy atom. The Kier molecular flexibility index (Phi) is 5.09. The molecule has 0 heterocycles. The number of methoxy groups -OCH3 is 1. The van der Waals surface area contributed by atoms with E-state index in [0.717, 1.165) is 0 Å². The lowest BCUT2D eigenvalue weighted by Gasteiger charge is -2.18. The van der Waals surface area contributed by atoms with Crippen LogP contribution in [0.2, 0.25) is 0 Å². The minimum absolute atomic E-state index is 0.119. The van der Waals surface area contributed by atoms with Crippen LogP contribution in [0.3, 0.4) is 0 Å². The predicted octanol–water partition coefficient (Wildman–Crippen LogP) is 2.32. The smallest absolute Gasteiger partial charge is 0.339 e. The van der Waals surface area contributed by atoms with Crippen LogP contribution in [0.25, 0.3) is 0 Å². The van der Waals surface area contributed by atoms with Crippen molar-refractivity contribution in [2.45, 2.75) is 26.1 Å². The van der Waals surface area contributed by atoms with Crippen molar-refractivity contribution in [3.8, 4) is 5.75 Å². The molecule has 0 fully saturated rings. The molecular formula is C13H17FO4. The molecule has 0 saturated carbocycles. The first-order valence-electron chi connectivity index (χ1n) is 5.68. The molecule has 0 radical (unpaired) electrons. The molecular weight excluding hydrogens is 239 g/mol. The molecule has 1 rings (SSSR count). The number of alkyl halides is 1. The number of carbonyl (C=O) groups is 1. The van der Waals surface area contributed by atoms with Gasteiger partial charge in [0.1, 0.15) is 11.9 Å². The number of hydrogen-bond donors (Lipinski definition) is 1. The standard InChI is InChI=1S/C13H17FO4/c1-4-18-13(16)12(15)11-9(8(2)14)6-5-7-10(11)17-3/h5-8,12,15H,4H2,1-3H3. The summed E-state index contributed by atoms with van der Waals surface area (Å²) in [5.41, 5.74) is 0.336. The van der Waals surface area contributed by atoms with Crippen LogP contribution in [0, 0.1) is 0 Å². The van der Waals surface area contributed by atoms with Crippen molar-refractivity contribution in [3.63, 3.8) is 0 Å². The summed E-state index contributed by atoms with van der Waals surface area (Å²) in [5.74, 6) is -0.554. The van der Waals surface area contributed by atoms with Gasteiger partial charge in [-0.25, -0.2) is 9.18 Å². The lowest BCUT2D eigenvalue weighted by molar-refractivity contribution is -0.153. The largest absolute Gasteiger partial charge is 0.496 e. The summed E-state index contributed by atoms with van der Waals surface area (Å²) in [6.45, 7) is 3.10. The van der Waals surface area contributed by atoms with Crippen molar-refractivity contribution in [3.05, 3.63) is 29.3 Å². The SMILES string of the molecule is CCOC(=O)C(O)c1c(OC)cccc1C(C)F. The summed E-state index contributed by atoms with van der Waals surface area (Å²) < 4.78 is 23.3. The average Bonchev–Trinajstić information content (AvgIpc) is 2.37. The van der Waals surface area contributed by atoms with E-state index in [4.69, 9.17) is 9.47 Å². The van der Waals surface area contributed by atoms with Crippen LogP contribution in [0.15, 0.2) is 18.2 Å². The summed E-state index contributed by atoms with van der Waals surface area (Å²) in [5, 5.41) is 9.94. The first-order chi connectivity index (χ1) is 8.52. The Balaban J connectivity index is 3.22. The Bertz CT molecular complexity index is 417. The molecule has 0 aliphatic carbocycles. The first-order valence-corrected chi connectivity index (χ1v) is 5.68. The van der Waals surface area contributed by atoms with Crippen LogP contribution < -0.4 is 4.74 Å². The number of carbonyl (C=O) groups excluding carboxylic acids is 1. The van der Waals surface area contributed by atoms with E-state index < -0.39 is 18.2 Å². The van der Waals surface area contributed by atoms with Gasteiger partial charge in [0.2, 0.25) is 0 Å². The van der Waals surface area contributed by atoms with Gasteiger partial charge in [-0.3, -0.25) is 0 Å². The Morgan fingerprint density at radius 1 is 1.50 bits per heavy atom. The zero-order valence-corrected chi connectivity index (χ0v) is 10.6. The van der Waals surface area contributed by atoms with Gasteiger partial charge in [0.05, 0.1) is 13.7 Å². The number of hydrogen-bond acceptors (Lipinski definition) is 4. The highest BCUT2D eigenvalue weighted by molar-refractivity contribution is 5.78. The maximum atomic E-state index is 13.5. The van der Waals surface area contributed by atoms with Gasteiger partial charge in [-0.05, 0) is 25.5 Å². The van der Waals surface area contributed by atoms with Gasteiger partial charge in [0, 0.05) is 5.56 Å². The highest BCUT2D eigenvalue weighted by Crippen LogP contribution is 2.34. The average molecular weight is 256 g/mol. The van der Waals surface area contributed by atoms with Crippen LogP contribution in [-0.2, 0) is 9.53 Å².